The molecule has 2 aliphatic rings. The van der Waals surface area contributed by atoms with Gasteiger partial charge >= 0.3 is 5.97 Å². The fourth-order valence-corrected chi connectivity index (χ4v) is 4.46. The van der Waals surface area contributed by atoms with Crippen LogP contribution in [0.1, 0.15) is 49.7 Å². The molecule has 0 radical (unpaired) electrons. The van der Waals surface area contributed by atoms with Crippen molar-refractivity contribution >= 4 is 11.9 Å². The molecule has 28 heavy (non-hydrogen) atoms. The second kappa shape index (κ2) is 9.52. The van der Waals surface area contributed by atoms with Gasteiger partial charge in [0.2, 0.25) is 5.91 Å². The average Bonchev–Trinajstić information content (AvgIpc) is 3.33. The van der Waals surface area contributed by atoms with Crippen LogP contribution in [0.15, 0.2) is 18.2 Å². The molecule has 6 nitrogen and oxygen atoms in total. The molecule has 2 aliphatic carbocycles. The van der Waals surface area contributed by atoms with E-state index in [2.05, 4.69) is 0 Å². The first-order chi connectivity index (χ1) is 13.5. The van der Waals surface area contributed by atoms with Gasteiger partial charge in [0.15, 0.2) is 0 Å². The van der Waals surface area contributed by atoms with Gasteiger partial charge in [-0.1, -0.05) is 18.9 Å². The van der Waals surface area contributed by atoms with Gasteiger partial charge in [-0.2, -0.15) is 0 Å². The van der Waals surface area contributed by atoms with E-state index in [-0.39, 0.29) is 18.5 Å². The van der Waals surface area contributed by atoms with E-state index in [1.165, 1.54) is 11.1 Å². The van der Waals surface area contributed by atoms with Crippen molar-refractivity contribution < 1.29 is 23.8 Å². The predicted octanol–water partition coefficient (Wildman–Crippen LogP) is 2.80. The monoisotopic (exact) mass is 389 g/mol. The van der Waals surface area contributed by atoms with Gasteiger partial charge in [-0.3, -0.25) is 9.59 Å². The van der Waals surface area contributed by atoms with Crippen molar-refractivity contribution in [3.8, 4) is 5.75 Å². The Bertz CT molecular complexity index is 696. The van der Waals surface area contributed by atoms with Crippen LogP contribution in [0.2, 0.25) is 0 Å². The highest BCUT2D eigenvalue weighted by Gasteiger charge is 2.43. The van der Waals surface area contributed by atoms with Crippen LogP contribution in [0.25, 0.3) is 0 Å². The highest BCUT2D eigenvalue weighted by Crippen LogP contribution is 2.43. The van der Waals surface area contributed by atoms with Gasteiger partial charge in [0.05, 0.1) is 25.7 Å². The molecule has 0 bridgehead atoms. The Morgan fingerprint density at radius 3 is 2.57 bits per heavy atom. The van der Waals surface area contributed by atoms with Crippen LogP contribution in [0.4, 0.5) is 0 Å². The standard InChI is InChI=1S/C22H31NO5/c1-26-11-12-27-15-18(14-22(21(23)25)9-2-3-10-22)20(24)28-19-8-7-16-5-4-6-17(16)13-19/h7-8,13,18H,2-6,9-12,14-15H2,1H3,(H2,23,25). The van der Waals surface area contributed by atoms with Crippen LogP contribution in [-0.4, -0.2) is 38.8 Å². The maximum atomic E-state index is 12.9. The molecule has 2 N–H and O–H groups in total. The average molecular weight is 389 g/mol. The van der Waals surface area contributed by atoms with Gasteiger partial charge in [-0.15, -0.1) is 0 Å². The van der Waals surface area contributed by atoms with Crippen molar-refractivity contribution in [2.45, 2.75) is 51.4 Å². The number of nitrogens with two attached hydrogens (primary N) is 1. The lowest BCUT2D eigenvalue weighted by Gasteiger charge is -2.29. The zero-order chi connectivity index (χ0) is 20.0. The summed E-state index contributed by atoms with van der Waals surface area (Å²) in [4.78, 5) is 25.1. The molecule has 1 saturated carbocycles. The van der Waals surface area contributed by atoms with Crippen LogP contribution in [0.3, 0.4) is 0 Å². The molecular weight excluding hydrogens is 358 g/mol. The number of hydrogen-bond donors (Lipinski definition) is 1. The number of esters is 1. The third kappa shape index (κ3) is 4.92. The summed E-state index contributed by atoms with van der Waals surface area (Å²) in [5.74, 6) is -0.650. The molecule has 0 spiro atoms. The Labute approximate surface area is 166 Å². The summed E-state index contributed by atoms with van der Waals surface area (Å²) < 4.78 is 16.3. The lowest BCUT2D eigenvalue weighted by Crippen LogP contribution is -2.40. The van der Waals surface area contributed by atoms with Gasteiger partial charge in [0.1, 0.15) is 5.75 Å². The summed E-state index contributed by atoms with van der Waals surface area (Å²) >= 11 is 0. The van der Waals surface area contributed by atoms with Gasteiger partial charge in [0.25, 0.3) is 0 Å². The first-order valence-electron chi connectivity index (χ1n) is 10.2. The smallest absolute Gasteiger partial charge is 0.316 e. The van der Waals surface area contributed by atoms with Crippen molar-refractivity contribution in [3.05, 3.63) is 29.3 Å². The molecule has 0 heterocycles. The Hall–Kier alpha value is -1.92. The summed E-state index contributed by atoms with van der Waals surface area (Å²) in [5.41, 5.74) is 7.67. The minimum Gasteiger partial charge on any atom is -0.426 e. The minimum absolute atomic E-state index is 0.197. The maximum Gasteiger partial charge on any atom is 0.316 e. The highest BCUT2D eigenvalue weighted by molar-refractivity contribution is 5.83. The number of hydrogen-bond acceptors (Lipinski definition) is 5. The molecule has 0 aromatic heterocycles. The van der Waals surface area contributed by atoms with E-state index in [1.807, 2.05) is 18.2 Å². The number of methoxy groups -OCH3 is 1. The van der Waals surface area contributed by atoms with E-state index < -0.39 is 11.3 Å². The molecule has 6 heteroatoms. The molecule has 1 atom stereocenters. The highest BCUT2D eigenvalue weighted by atomic mass is 16.5. The topological polar surface area (TPSA) is 87.9 Å². The number of carbonyl (C=O) groups is 2. The third-order valence-corrected chi connectivity index (χ3v) is 6.09. The van der Waals surface area contributed by atoms with Crippen molar-refractivity contribution in [2.24, 2.45) is 17.1 Å². The molecule has 1 aromatic carbocycles. The first kappa shape index (κ1) is 20.8. The van der Waals surface area contributed by atoms with E-state index in [1.54, 1.807) is 7.11 Å². The summed E-state index contributed by atoms with van der Waals surface area (Å²) in [6, 6.07) is 5.85. The van der Waals surface area contributed by atoms with Crippen molar-refractivity contribution in [1.29, 1.82) is 0 Å². The number of fused-ring (bicyclic) bond motifs is 1. The summed E-state index contributed by atoms with van der Waals surface area (Å²) in [6.07, 6.45) is 6.99. The molecule has 1 aromatic rings. The van der Waals surface area contributed by atoms with E-state index in [0.29, 0.717) is 25.4 Å². The lowest BCUT2D eigenvalue weighted by atomic mass is 9.77. The number of benzene rings is 1. The molecule has 0 saturated heterocycles. The van der Waals surface area contributed by atoms with E-state index in [9.17, 15) is 9.59 Å². The summed E-state index contributed by atoms with van der Waals surface area (Å²) in [7, 11) is 1.60. The van der Waals surface area contributed by atoms with Crippen molar-refractivity contribution in [3.63, 3.8) is 0 Å². The van der Waals surface area contributed by atoms with E-state index >= 15 is 0 Å². The zero-order valence-corrected chi connectivity index (χ0v) is 16.7. The van der Waals surface area contributed by atoms with Crippen molar-refractivity contribution in [1.82, 2.24) is 0 Å². The summed E-state index contributed by atoms with van der Waals surface area (Å²) in [6.45, 7) is 1.04. The molecule has 154 valence electrons. The number of carbonyl (C=O) groups excluding carboxylic acids is 2. The molecule has 0 aliphatic heterocycles. The fourth-order valence-electron chi connectivity index (χ4n) is 4.46. The number of aryl methyl sites for hydroxylation is 2. The van der Waals surface area contributed by atoms with Crippen LogP contribution in [0.5, 0.6) is 5.75 Å². The Kier molecular flexibility index (Phi) is 7.08. The lowest BCUT2D eigenvalue weighted by molar-refractivity contribution is -0.144. The van der Waals surface area contributed by atoms with Gasteiger partial charge in [-0.05, 0) is 61.8 Å². The Morgan fingerprint density at radius 1 is 1.11 bits per heavy atom. The first-order valence-corrected chi connectivity index (χ1v) is 10.2. The van der Waals surface area contributed by atoms with E-state index in [0.717, 1.165) is 44.9 Å². The minimum atomic E-state index is -0.633. The number of amides is 1. The van der Waals surface area contributed by atoms with Crippen molar-refractivity contribution in [2.75, 3.05) is 26.9 Å². The number of ether oxygens (including phenoxy) is 3. The second-order valence-corrected chi connectivity index (χ2v) is 8.03. The quantitative estimate of drug-likeness (QED) is 0.378. The van der Waals surface area contributed by atoms with Crippen LogP contribution >= 0.6 is 0 Å². The number of rotatable bonds is 10. The van der Waals surface area contributed by atoms with E-state index in [4.69, 9.17) is 19.9 Å². The molecule has 1 fully saturated rings. The Balaban J connectivity index is 1.69. The normalized spacial score (nSPS) is 18.6. The second-order valence-electron chi connectivity index (χ2n) is 8.03. The van der Waals surface area contributed by atoms with Gasteiger partial charge in [-0.25, -0.2) is 0 Å². The molecular formula is C22H31NO5. The van der Waals surface area contributed by atoms with Gasteiger partial charge < -0.3 is 19.9 Å². The van der Waals surface area contributed by atoms with Crippen LogP contribution in [0, 0.1) is 11.3 Å². The van der Waals surface area contributed by atoms with Crippen LogP contribution < -0.4 is 10.5 Å². The Morgan fingerprint density at radius 2 is 1.86 bits per heavy atom. The number of primary amides is 1. The summed E-state index contributed by atoms with van der Waals surface area (Å²) in [5, 5.41) is 0. The van der Waals surface area contributed by atoms with Gasteiger partial charge in [0, 0.05) is 12.5 Å². The third-order valence-electron chi connectivity index (χ3n) is 6.09. The molecule has 1 unspecified atom stereocenters. The largest absolute Gasteiger partial charge is 0.426 e. The molecule has 3 rings (SSSR count). The molecule has 1 amide bonds. The SMILES string of the molecule is COCCOCC(CC1(C(N)=O)CCCC1)C(=O)Oc1ccc2c(c1)CCC2. The van der Waals surface area contributed by atoms with Crippen LogP contribution in [-0.2, 0) is 31.9 Å². The maximum absolute atomic E-state index is 12.9. The predicted molar refractivity (Wildman–Crippen MR) is 105 cm³/mol. The zero-order valence-electron chi connectivity index (χ0n) is 16.7. The fraction of sp³-hybridized carbons (Fsp3) is 0.636.